The molecule has 0 N–H and O–H groups in total. The average Bonchev–Trinajstić information content (AvgIpc) is 3.59. The Bertz CT molecular complexity index is 3000. The molecule has 0 fully saturated rings. The Kier molecular flexibility index (Phi) is 8.81. The topological polar surface area (TPSA) is 38.7 Å². The fraction of sp³-hybridized carbons (Fsp3) is 0. The van der Waals surface area contributed by atoms with Gasteiger partial charge in [0.2, 0.25) is 0 Å². The highest BCUT2D eigenvalue weighted by molar-refractivity contribution is 6.21. The van der Waals surface area contributed by atoms with Crippen LogP contribution in [-0.2, 0) is 0 Å². The molecule has 0 amide bonds. The molecule has 0 saturated carbocycles. The maximum atomic E-state index is 5.27. The van der Waals surface area contributed by atoms with Crippen LogP contribution in [0.4, 0.5) is 0 Å². The molecule has 0 bridgehead atoms. The summed E-state index contributed by atoms with van der Waals surface area (Å²) in [6.45, 7) is 0. The summed E-state index contributed by atoms with van der Waals surface area (Å²) in [6.07, 6.45) is 13.8. The molecular weight excluding hydrogens is 691 g/mol. The molecule has 10 rings (SSSR count). The van der Waals surface area contributed by atoms with E-state index in [0.717, 1.165) is 55.9 Å². The van der Waals surface area contributed by atoms with Crippen LogP contribution in [0, 0.1) is 0 Å². The quantitative estimate of drug-likeness (QED) is 0.121. The molecule has 2 heterocycles. The lowest BCUT2D eigenvalue weighted by atomic mass is 9.85. The SMILES string of the molecule is C1=CC=CC(c2ccc(-c3cc(-c4ccc(-c5cccnc5)cc4)nc(-c4cccc(-c5c6ccccc6c(-c6ccccc6)c6ccccc56)c4)n3)cc2)=CC=1. The largest absolute Gasteiger partial charge is 0.264 e. The van der Waals surface area contributed by atoms with Gasteiger partial charge < -0.3 is 0 Å². The van der Waals surface area contributed by atoms with Crippen molar-refractivity contribution < 1.29 is 0 Å². The highest BCUT2D eigenvalue weighted by Crippen LogP contribution is 2.44. The summed E-state index contributed by atoms with van der Waals surface area (Å²) in [4.78, 5) is 14.8. The minimum absolute atomic E-state index is 0.671. The first-order valence-corrected chi connectivity index (χ1v) is 19.2. The van der Waals surface area contributed by atoms with E-state index in [0.29, 0.717) is 5.82 Å². The average molecular weight is 726 g/mol. The van der Waals surface area contributed by atoms with E-state index in [4.69, 9.17) is 9.97 Å². The summed E-state index contributed by atoms with van der Waals surface area (Å²) < 4.78 is 0. The molecular formula is C54H35N3. The Hall–Kier alpha value is -7.71. The number of aromatic nitrogens is 3. The molecule has 0 spiro atoms. The van der Waals surface area contributed by atoms with E-state index in [-0.39, 0.29) is 0 Å². The zero-order chi connectivity index (χ0) is 38.0. The van der Waals surface area contributed by atoms with Crippen molar-refractivity contribution in [2.24, 2.45) is 0 Å². The molecule has 3 nitrogen and oxygen atoms in total. The number of pyridine rings is 1. The van der Waals surface area contributed by atoms with Gasteiger partial charge in [-0.05, 0) is 102 Å². The van der Waals surface area contributed by atoms with Gasteiger partial charge in [-0.15, -0.1) is 5.73 Å². The van der Waals surface area contributed by atoms with Crippen LogP contribution >= 0.6 is 0 Å². The summed E-state index contributed by atoms with van der Waals surface area (Å²) >= 11 is 0. The maximum absolute atomic E-state index is 5.27. The first kappa shape index (κ1) is 33.8. The Labute approximate surface area is 332 Å². The molecule has 0 atom stereocenters. The maximum Gasteiger partial charge on any atom is 0.160 e. The molecule has 0 saturated heterocycles. The second-order valence-electron chi connectivity index (χ2n) is 14.1. The van der Waals surface area contributed by atoms with E-state index >= 15 is 0 Å². The van der Waals surface area contributed by atoms with E-state index in [2.05, 4.69) is 187 Å². The zero-order valence-corrected chi connectivity index (χ0v) is 31.0. The third-order valence-electron chi connectivity index (χ3n) is 10.6. The fourth-order valence-electron chi connectivity index (χ4n) is 7.89. The molecule has 9 aromatic rings. The van der Waals surface area contributed by atoms with Crippen LogP contribution in [0.5, 0.6) is 0 Å². The van der Waals surface area contributed by atoms with Crippen LogP contribution in [0.25, 0.3) is 94.4 Å². The molecule has 3 heteroatoms. The molecule has 0 aliphatic heterocycles. The number of benzene rings is 7. The smallest absolute Gasteiger partial charge is 0.160 e. The van der Waals surface area contributed by atoms with Gasteiger partial charge in [-0.2, -0.15) is 0 Å². The summed E-state index contributed by atoms with van der Waals surface area (Å²) in [6, 6.07) is 60.3. The number of hydrogen-bond donors (Lipinski definition) is 0. The first-order valence-electron chi connectivity index (χ1n) is 19.2. The summed E-state index contributed by atoms with van der Waals surface area (Å²) in [5.74, 6) is 0.671. The summed E-state index contributed by atoms with van der Waals surface area (Å²) in [5, 5.41) is 4.87. The number of fused-ring (bicyclic) bond motifs is 2. The van der Waals surface area contributed by atoms with Gasteiger partial charge in [0, 0.05) is 29.1 Å². The highest BCUT2D eigenvalue weighted by atomic mass is 14.9. The molecule has 1 aliphatic carbocycles. The third-order valence-corrected chi connectivity index (χ3v) is 10.6. The van der Waals surface area contributed by atoms with Crippen molar-refractivity contribution in [2.45, 2.75) is 0 Å². The summed E-state index contributed by atoms with van der Waals surface area (Å²) in [7, 11) is 0. The Balaban J connectivity index is 1.12. The molecule has 0 unspecified atom stereocenters. The van der Waals surface area contributed by atoms with Crippen molar-refractivity contribution in [3.63, 3.8) is 0 Å². The number of nitrogens with zero attached hydrogens (tertiary/aromatic N) is 3. The van der Waals surface area contributed by atoms with Crippen LogP contribution in [0.15, 0.2) is 218 Å². The first-order chi connectivity index (χ1) is 28.3. The van der Waals surface area contributed by atoms with Crippen molar-refractivity contribution in [3.8, 4) is 67.3 Å². The lowest BCUT2D eigenvalue weighted by molar-refractivity contribution is 1.18. The van der Waals surface area contributed by atoms with Crippen molar-refractivity contribution in [3.05, 3.63) is 224 Å². The Morgan fingerprint density at radius 3 is 1.56 bits per heavy atom. The van der Waals surface area contributed by atoms with Gasteiger partial charge in [-0.3, -0.25) is 4.98 Å². The van der Waals surface area contributed by atoms with E-state index in [1.54, 1.807) is 6.20 Å². The van der Waals surface area contributed by atoms with E-state index in [1.165, 1.54) is 38.2 Å². The molecule has 266 valence electrons. The molecule has 7 aromatic carbocycles. The van der Waals surface area contributed by atoms with Gasteiger partial charge in [0.15, 0.2) is 5.82 Å². The molecule has 1 aliphatic rings. The van der Waals surface area contributed by atoms with Gasteiger partial charge in [0.25, 0.3) is 0 Å². The number of hydrogen-bond acceptors (Lipinski definition) is 3. The molecule has 2 aromatic heterocycles. The van der Waals surface area contributed by atoms with Crippen LogP contribution in [0.2, 0.25) is 0 Å². The summed E-state index contributed by atoms with van der Waals surface area (Å²) in [5.41, 5.74) is 17.1. The molecule has 57 heavy (non-hydrogen) atoms. The number of rotatable bonds is 7. The van der Waals surface area contributed by atoms with Gasteiger partial charge in [0.05, 0.1) is 11.4 Å². The minimum Gasteiger partial charge on any atom is -0.264 e. The second kappa shape index (κ2) is 14.8. The predicted octanol–water partition coefficient (Wildman–Crippen LogP) is 13.8. The lowest BCUT2D eigenvalue weighted by Gasteiger charge is -2.18. The van der Waals surface area contributed by atoms with Gasteiger partial charge >= 0.3 is 0 Å². The Morgan fingerprint density at radius 1 is 0.386 bits per heavy atom. The normalized spacial score (nSPS) is 12.2. The van der Waals surface area contributed by atoms with Gasteiger partial charge in [-0.1, -0.05) is 164 Å². The van der Waals surface area contributed by atoms with E-state index in [1.807, 2.05) is 30.5 Å². The zero-order valence-electron chi connectivity index (χ0n) is 31.0. The monoisotopic (exact) mass is 725 g/mol. The second-order valence-corrected chi connectivity index (χ2v) is 14.1. The van der Waals surface area contributed by atoms with Gasteiger partial charge in [0.1, 0.15) is 0 Å². The van der Waals surface area contributed by atoms with Crippen molar-refractivity contribution in [1.82, 2.24) is 15.0 Å². The Morgan fingerprint density at radius 2 is 0.930 bits per heavy atom. The van der Waals surface area contributed by atoms with E-state index < -0.39 is 0 Å². The van der Waals surface area contributed by atoms with Crippen molar-refractivity contribution >= 4 is 27.1 Å². The third kappa shape index (κ3) is 6.59. The lowest BCUT2D eigenvalue weighted by Crippen LogP contribution is -1.97. The molecule has 0 radical (unpaired) electrons. The van der Waals surface area contributed by atoms with Crippen LogP contribution in [-0.4, -0.2) is 15.0 Å². The predicted molar refractivity (Wildman–Crippen MR) is 237 cm³/mol. The fourth-order valence-corrected chi connectivity index (χ4v) is 7.89. The van der Waals surface area contributed by atoms with E-state index in [9.17, 15) is 0 Å². The van der Waals surface area contributed by atoms with Crippen molar-refractivity contribution in [2.75, 3.05) is 0 Å². The van der Waals surface area contributed by atoms with Crippen LogP contribution < -0.4 is 0 Å². The number of allylic oxidation sites excluding steroid dienone is 5. The standard InChI is InChI=1S/C54H35N3/c1-2-5-15-37(14-4-1)38-25-29-40(30-26-38)50-35-51(41-31-27-39(28-32-41)45-20-13-33-55-36-45)57-54(56-50)44-19-12-18-43(34-44)53-48-23-10-8-21-46(48)52(42-16-6-3-7-17-42)47-22-9-11-24-49(47)53/h1,3-36H. The van der Waals surface area contributed by atoms with Gasteiger partial charge in [-0.25, -0.2) is 9.97 Å². The minimum atomic E-state index is 0.671. The highest BCUT2D eigenvalue weighted by Gasteiger charge is 2.18. The van der Waals surface area contributed by atoms with Crippen LogP contribution in [0.3, 0.4) is 0 Å². The van der Waals surface area contributed by atoms with Crippen LogP contribution in [0.1, 0.15) is 5.56 Å². The van der Waals surface area contributed by atoms with Crippen molar-refractivity contribution in [1.29, 1.82) is 0 Å².